The van der Waals surface area contributed by atoms with Gasteiger partial charge >= 0.3 is 0 Å². The van der Waals surface area contributed by atoms with E-state index in [1.807, 2.05) is 0 Å². The second-order valence-electron chi connectivity index (χ2n) is 4.40. The van der Waals surface area contributed by atoms with E-state index < -0.39 is 0 Å². The molecule has 1 spiro atoms. The number of hydrogen-bond donors (Lipinski definition) is 2. The lowest BCUT2D eigenvalue weighted by Crippen LogP contribution is -2.49. The quantitative estimate of drug-likeness (QED) is 0.572. The second-order valence-corrected chi connectivity index (χ2v) is 4.40. The monoisotopic (exact) mass is 169 g/mol. The van der Waals surface area contributed by atoms with Gasteiger partial charge in [-0.25, -0.2) is 0 Å². The predicted octanol–water partition coefficient (Wildman–Crippen LogP) is 1.29. The fraction of sp³-hybridized carbons (Fsp3) is 1.00. The summed E-state index contributed by atoms with van der Waals surface area (Å²) in [4.78, 5) is 0. The molecule has 1 saturated heterocycles. The summed E-state index contributed by atoms with van der Waals surface area (Å²) in [6, 6.07) is 0. The Hall–Kier alpha value is -0.0800. The highest BCUT2D eigenvalue weighted by Crippen LogP contribution is 2.41. The molecule has 0 aromatic rings. The summed E-state index contributed by atoms with van der Waals surface area (Å²) in [5, 5.41) is 13.4. The minimum atomic E-state index is -0.0287. The molecule has 0 aromatic heterocycles. The highest BCUT2D eigenvalue weighted by molar-refractivity contribution is 4.93. The van der Waals surface area contributed by atoms with Crippen LogP contribution in [0.25, 0.3) is 0 Å². The Labute approximate surface area is 74.4 Å². The van der Waals surface area contributed by atoms with Crippen LogP contribution >= 0.6 is 0 Å². The number of aliphatic hydroxyl groups excluding tert-OH is 1. The van der Waals surface area contributed by atoms with Crippen LogP contribution in [0.15, 0.2) is 0 Å². The molecule has 0 bridgehead atoms. The summed E-state index contributed by atoms with van der Waals surface area (Å²) in [5.74, 6) is 0. The lowest BCUT2D eigenvalue weighted by Gasteiger charge is -2.44. The van der Waals surface area contributed by atoms with Crippen molar-refractivity contribution in [2.24, 2.45) is 5.41 Å². The number of nitrogens with one attached hydrogen (secondary N) is 1. The molecular formula is C10H19NO. The maximum atomic E-state index is 9.94. The van der Waals surface area contributed by atoms with Crippen LogP contribution in [0.4, 0.5) is 0 Å². The van der Waals surface area contributed by atoms with Crippen LogP contribution in [0.5, 0.6) is 0 Å². The van der Waals surface area contributed by atoms with Crippen LogP contribution in [0.3, 0.4) is 0 Å². The molecule has 12 heavy (non-hydrogen) atoms. The summed E-state index contributed by atoms with van der Waals surface area (Å²) in [5.41, 5.74) is 0.260. The molecular weight excluding hydrogens is 150 g/mol. The van der Waals surface area contributed by atoms with Gasteiger partial charge in [0.25, 0.3) is 0 Å². The Bertz CT molecular complexity index is 144. The van der Waals surface area contributed by atoms with Crippen molar-refractivity contribution < 1.29 is 5.11 Å². The molecule has 0 radical (unpaired) electrons. The van der Waals surface area contributed by atoms with Gasteiger partial charge in [-0.05, 0) is 32.2 Å². The third-order valence-electron chi connectivity index (χ3n) is 3.61. The van der Waals surface area contributed by atoms with E-state index >= 15 is 0 Å². The first kappa shape index (κ1) is 8.52. The van der Waals surface area contributed by atoms with Crippen molar-refractivity contribution >= 4 is 0 Å². The van der Waals surface area contributed by atoms with E-state index in [9.17, 15) is 5.11 Å². The van der Waals surface area contributed by atoms with Crippen molar-refractivity contribution in [1.82, 2.24) is 5.32 Å². The van der Waals surface area contributed by atoms with Crippen molar-refractivity contribution in [2.45, 2.75) is 44.6 Å². The predicted molar refractivity (Wildman–Crippen MR) is 49.0 cm³/mol. The van der Waals surface area contributed by atoms with Crippen LogP contribution in [-0.2, 0) is 0 Å². The van der Waals surface area contributed by atoms with Crippen LogP contribution in [0.1, 0.15) is 38.5 Å². The molecule has 0 aromatic carbocycles. The van der Waals surface area contributed by atoms with Crippen LogP contribution in [-0.4, -0.2) is 24.3 Å². The van der Waals surface area contributed by atoms with Crippen molar-refractivity contribution in [3.8, 4) is 0 Å². The topological polar surface area (TPSA) is 32.3 Å². The number of hydrogen-bond acceptors (Lipinski definition) is 2. The minimum Gasteiger partial charge on any atom is -0.393 e. The van der Waals surface area contributed by atoms with Gasteiger partial charge in [-0.15, -0.1) is 0 Å². The molecule has 2 fully saturated rings. The first-order valence-corrected chi connectivity index (χ1v) is 5.22. The Balaban J connectivity index is 2.04. The van der Waals surface area contributed by atoms with Gasteiger partial charge in [0, 0.05) is 12.0 Å². The Morgan fingerprint density at radius 2 is 2.00 bits per heavy atom. The lowest BCUT2D eigenvalue weighted by atomic mass is 9.68. The number of aliphatic hydroxyl groups is 1. The maximum absolute atomic E-state index is 9.94. The van der Waals surface area contributed by atoms with Crippen molar-refractivity contribution in [3.05, 3.63) is 0 Å². The first-order chi connectivity index (χ1) is 5.83. The van der Waals surface area contributed by atoms with Gasteiger partial charge in [-0.2, -0.15) is 0 Å². The molecule has 2 aliphatic rings. The average molecular weight is 169 g/mol. The molecule has 2 heteroatoms. The molecule has 0 amide bonds. The van der Waals surface area contributed by atoms with E-state index in [0.717, 1.165) is 19.5 Å². The lowest BCUT2D eigenvalue weighted by molar-refractivity contribution is -0.0271. The third kappa shape index (κ3) is 1.38. The fourth-order valence-corrected chi connectivity index (χ4v) is 2.78. The van der Waals surface area contributed by atoms with Crippen molar-refractivity contribution in [1.29, 1.82) is 0 Å². The SMILES string of the molecule is O[C@H]1CCCC[C@@]12CCCNC2. The Kier molecular flexibility index (Phi) is 2.37. The van der Waals surface area contributed by atoms with E-state index in [4.69, 9.17) is 0 Å². The maximum Gasteiger partial charge on any atom is 0.0608 e. The summed E-state index contributed by atoms with van der Waals surface area (Å²) < 4.78 is 0. The average Bonchev–Trinajstić information content (AvgIpc) is 2.12. The van der Waals surface area contributed by atoms with E-state index in [1.165, 1.54) is 32.1 Å². The van der Waals surface area contributed by atoms with Gasteiger partial charge in [-0.1, -0.05) is 12.8 Å². The van der Waals surface area contributed by atoms with Gasteiger partial charge in [0.1, 0.15) is 0 Å². The van der Waals surface area contributed by atoms with Crippen molar-refractivity contribution in [3.63, 3.8) is 0 Å². The Morgan fingerprint density at radius 3 is 2.67 bits per heavy atom. The second kappa shape index (κ2) is 3.35. The van der Waals surface area contributed by atoms with Crippen molar-refractivity contribution in [2.75, 3.05) is 13.1 Å². The normalized spacial score (nSPS) is 43.2. The zero-order valence-corrected chi connectivity index (χ0v) is 7.68. The van der Waals surface area contributed by atoms with Gasteiger partial charge in [0.05, 0.1) is 6.10 Å². The van der Waals surface area contributed by atoms with Crippen LogP contribution in [0, 0.1) is 5.41 Å². The molecule has 2 nitrogen and oxygen atoms in total. The highest BCUT2D eigenvalue weighted by Gasteiger charge is 2.40. The van der Waals surface area contributed by atoms with Crippen LogP contribution in [0.2, 0.25) is 0 Å². The molecule has 0 unspecified atom stereocenters. The van der Waals surface area contributed by atoms with Gasteiger partial charge in [-0.3, -0.25) is 0 Å². The minimum absolute atomic E-state index is 0.0287. The highest BCUT2D eigenvalue weighted by atomic mass is 16.3. The molecule has 1 heterocycles. The molecule has 2 atom stereocenters. The number of piperidine rings is 1. The zero-order valence-electron chi connectivity index (χ0n) is 7.68. The van der Waals surface area contributed by atoms with E-state index in [1.54, 1.807) is 0 Å². The number of rotatable bonds is 0. The molecule has 70 valence electrons. The summed E-state index contributed by atoms with van der Waals surface area (Å²) in [6.07, 6.45) is 7.27. The third-order valence-corrected chi connectivity index (χ3v) is 3.61. The van der Waals surface area contributed by atoms with Crippen LogP contribution < -0.4 is 5.32 Å². The zero-order chi connectivity index (χ0) is 8.44. The molecule has 2 N–H and O–H groups in total. The van der Waals surface area contributed by atoms with E-state index in [-0.39, 0.29) is 11.5 Å². The summed E-state index contributed by atoms with van der Waals surface area (Å²) in [6.45, 7) is 2.20. The molecule has 1 saturated carbocycles. The summed E-state index contributed by atoms with van der Waals surface area (Å²) in [7, 11) is 0. The standard InChI is InChI=1S/C10H19NO/c12-9-4-1-2-5-10(9)6-3-7-11-8-10/h9,11-12H,1-8H2/t9-,10-/m0/s1. The van der Waals surface area contributed by atoms with Gasteiger partial charge in [0.2, 0.25) is 0 Å². The van der Waals surface area contributed by atoms with E-state index in [2.05, 4.69) is 5.32 Å². The Morgan fingerprint density at radius 1 is 1.17 bits per heavy atom. The van der Waals surface area contributed by atoms with Gasteiger partial charge in [0.15, 0.2) is 0 Å². The molecule has 2 rings (SSSR count). The summed E-state index contributed by atoms with van der Waals surface area (Å²) >= 11 is 0. The fourth-order valence-electron chi connectivity index (χ4n) is 2.78. The smallest absolute Gasteiger partial charge is 0.0608 e. The largest absolute Gasteiger partial charge is 0.393 e. The first-order valence-electron chi connectivity index (χ1n) is 5.22. The van der Waals surface area contributed by atoms with E-state index in [0.29, 0.717) is 0 Å². The molecule has 1 aliphatic heterocycles. The van der Waals surface area contributed by atoms with Gasteiger partial charge < -0.3 is 10.4 Å². The molecule has 1 aliphatic carbocycles.